The molecule has 0 bridgehead atoms. The normalized spacial score (nSPS) is 14.9. The van der Waals surface area contributed by atoms with Gasteiger partial charge < -0.3 is 0 Å². The number of amides is 4. The summed E-state index contributed by atoms with van der Waals surface area (Å²) < 4.78 is 0. The Hall–Kier alpha value is -5.17. The van der Waals surface area contributed by atoms with E-state index in [1.54, 1.807) is 36.7 Å². The zero-order chi connectivity index (χ0) is 28.7. The topological polar surface area (TPSA) is 87.7 Å². The van der Waals surface area contributed by atoms with Crippen molar-refractivity contribution in [3.05, 3.63) is 95.3 Å². The first-order chi connectivity index (χ1) is 20.5. The average Bonchev–Trinajstić information content (AvgIpc) is 3.02. The third-order valence-corrected chi connectivity index (χ3v) is 8.88. The summed E-state index contributed by atoms with van der Waals surface area (Å²) in [5.41, 5.74) is 2.46. The maximum atomic E-state index is 13.7. The number of hydrogen-bond acceptors (Lipinski definition) is 5. The number of imide groups is 2. The van der Waals surface area contributed by atoms with Crippen molar-refractivity contribution in [2.45, 2.75) is 32.6 Å². The number of rotatable bonds is 6. The van der Waals surface area contributed by atoms with Crippen LogP contribution < -0.4 is 4.90 Å². The molecule has 0 atom stereocenters. The fraction of sp³-hybridized carbons (Fsp3) is 0.171. The van der Waals surface area contributed by atoms with E-state index in [1.165, 1.54) is 9.80 Å². The summed E-state index contributed by atoms with van der Waals surface area (Å²) in [6.45, 7) is 2.54. The molecule has 5 aromatic carbocycles. The van der Waals surface area contributed by atoms with Gasteiger partial charge >= 0.3 is 0 Å². The highest BCUT2D eigenvalue weighted by molar-refractivity contribution is 6.43. The number of pyridine rings is 1. The quantitative estimate of drug-likeness (QED) is 0.0953. The minimum absolute atomic E-state index is 0.254. The molecule has 0 aliphatic carbocycles. The minimum atomic E-state index is -0.381. The molecule has 0 radical (unpaired) electrons. The van der Waals surface area contributed by atoms with Crippen LogP contribution in [0.5, 0.6) is 0 Å². The second-order valence-corrected chi connectivity index (χ2v) is 11.1. The number of carbonyl (C=O) groups excluding carboxylic acids is 4. The van der Waals surface area contributed by atoms with Gasteiger partial charge in [0.25, 0.3) is 23.6 Å². The van der Waals surface area contributed by atoms with Gasteiger partial charge in [-0.25, -0.2) is 4.90 Å². The smallest absolute Gasteiger partial charge is 0.265 e. The summed E-state index contributed by atoms with van der Waals surface area (Å²) in [5.74, 6) is -1.27. The molecule has 0 N–H and O–H groups in total. The maximum Gasteiger partial charge on any atom is 0.265 e. The molecule has 2 aliphatic heterocycles. The summed E-state index contributed by atoms with van der Waals surface area (Å²) in [4.78, 5) is 61.3. The second-order valence-electron chi connectivity index (χ2n) is 11.1. The number of anilines is 1. The molecule has 42 heavy (non-hydrogen) atoms. The van der Waals surface area contributed by atoms with Gasteiger partial charge in [0.05, 0.1) is 5.69 Å². The lowest BCUT2D eigenvalue weighted by atomic mass is 9.82. The summed E-state index contributed by atoms with van der Waals surface area (Å²) in [5, 5.41) is 6.53. The van der Waals surface area contributed by atoms with E-state index >= 15 is 0 Å². The highest BCUT2D eigenvalue weighted by Gasteiger charge is 2.37. The Morgan fingerprint density at radius 1 is 0.524 bits per heavy atom. The second kappa shape index (κ2) is 8.91. The lowest BCUT2D eigenvalue weighted by molar-refractivity contribution is 0.0607. The number of fused-ring (bicyclic) bond motifs is 2. The zero-order valence-electron chi connectivity index (χ0n) is 22.9. The van der Waals surface area contributed by atoms with Gasteiger partial charge in [-0.05, 0) is 75.1 Å². The zero-order valence-corrected chi connectivity index (χ0v) is 22.9. The van der Waals surface area contributed by atoms with Gasteiger partial charge in [-0.15, -0.1) is 0 Å². The standard InChI is InChI=1S/C35H25N3O4/c1-2-3-4-5-18-37-32(39)24-10-6-20-22-8-12-26-31-27(35(42)38(34(26)41)19-14-16-36-17-15-19)13-9-23(29(22)31)21-7-11-25(33(37)40)30(24)28(20)21/h6-17H,2-5,18H2,1H3. The number of aromatic nitrogens is 1. The molecule has 8 rings (SSSR count). The largest absolute Gasteiger partial charge is 0.274 e. The molecule has 0 saturated heterocycles. The first kappa shape index (κ1) is 24.6. The lowest BCUT2D eigenvalue weighted by Gasteiger charge is -2.30. The number of unbranched alkanes of at least 4 members (excludes halogenated alkanes) is 3. The van der Waals surface area contributed by atoms with Crippen LogP contribution in [0.2, 0.25) is 0 Å². The summed E-state index contributed by atoms with van der Waals surface area (Å²) in [7, 11) is 0. The van der Waals surface area contributed by atoms with Crippen LogP contribution in [0.4, 0.5) is 5.69 Å². The van der Waals surface area contributed by atoms with Crippen LogP contribution in [0.1, 0.15) is 74.0 Å². The molecule has 4 amide bonds. The van der Waals surface area contributed by atoms with Crippen LogP contribution in [-0.2, 0) is 0 Å². The Morgan fingerprint density at radius 2 is 0.976 bits per heavy atom. The van der Waals surface area contributed by atoms with E-state index in [-0.39, 0.29) is 23.6 Å². The average molecular weight is 552 g/mol. The summed E-state index contributed by atoms with van der Waals surface area (Å²) in [6.07, 6.45) is 7.03. The molecule has 1 aromatic heterocycles. The first-order valence-corrected chi connectivity index (χ1v) is 14.4. The van der Waals surface area contributed by atoms with E-state index in [0.29, 0.717) is 45.3 Å². The molecule has 6 aromatic rings. The van der Waals surface area contributed by atoms with Crippen molar-refractivity contribution >= 4 is 72.4 Å². The predicted octanol–water partition coefficient (Wildman–Crippen LogP) is 7.11. The monoisotopic (exact) mass is 551 g/mol. The molecule has 3 heterocycles. The molecular formula is C35H25N3O4. The highest BCUT2D eigenvalue weighted by atomic mass is 16.2. The van der Waals surface area contributed by atoms with Gasteiger partial charge in [-0.1, -0.05) is 50.5 Å². The van der Waals surface area contributed by atoms with Crippen molar-refractivity contribution < 1.29 is 19.2 Å². The van der Waals surface area contributed by atoms with E-state index < -0.39 is 0 Å². The molecule has 0 saturated carbocycles. The fourth-order valence-electron chi connectivity index (χ4n) is 6.95. The van der Waals surface area contributed by atoms with Crippen LogP contribution in [0.3, 0.4) is 0 Å². The fourth-order valence-corrected chi connectivity index (χ4v) is 6.95. The molecule has 0 fully saturated rings. The number of carbonyl (C=O) groups is 4. The molecule has 0 spiro atoms. The molecular weight excluding hydrogens is 526 g/mol. The predicted molar refractivity (Wildman–Crippen MR) is 163 cm³/mol. The van der Waals surface area contributed by atoms with Crippen LogP contribution in [-0.4, -0.2) is 40.1 Å². The number of benzene rings is 5. The number of nitrogens with zero attached hydrogens (tertiary/aromatic N) is 3. The third kappa shape index (κ3) is 3.13. The van der Waals surface area contributed by atoms with Crippen LogP contribution in [0, 0.1) is 0 Å². The van der Waals surface area contributed by atoms with E-state index in [4.69, 9.17) is 0 Å². The molecule has 7 heteroatoms. The summed E-state index contributed by atoms with van der Waals surface area (Å²) >= 11 is 0. The van der Waals surface area contributed by atoms with Gasteiger partial charge in [-0.2, -0.15) is 0 Å². The molecule has 2 aliphatic rings. The van der Waals surface area contributed by atoms with Gasteiger partial charge in [0.15, 0.2) is 0 Å². The van der Waals surface area contributed by atoms with Crippen molar-refractivity contribution in [2.24, 2.45) is 0 Å². The van der Waals surface area contributed by atoms with Crippen molar-refractivity contribution in [1.82, 2.24) is 9.88 Å². The van der Waals surface area contributed by atoms with Gasteiger partial charge in [0.1, 0.15) is 0 Å². The Morgan fingerprint density at radius 3 is 1.43 bits per heavy atom. The van der Waals surface area contributed by atoms with E-state index in [1.807, 2.05) is 36.4 Å². The number of hydrogen-bond donors (Lipinski definition) is 0. The molecule has 0 unspecified atom stereocenters. The van der Waals surface area contributed by atoms with Gasteiger partial charge in [-0.3, -0.25) is 29.1 Å². The Kier molecular flexibility index (Phi) is 5.22. The van der Waals surface area contributed by atoms with Crippen LogP contribution in [0.25, 0.3) is 43.1 Å². The van der Waals surface area contributed by atoms with Gasteiger partial charge in [0.2, 0.25) is 0 Å². The molecule has 7 nitrogen and oxygen atoms in total. The van der Waals surface area contributed by atoms with E-state index in [2.05, 4.69) is 11.9 Å². The van der Waals surface area contributed by atoms with Crippen molar-refractivity contribution in [2.75, 3.05) is 11.4 Å². The van der Waals surface area contributed by atoms with Gasteiger partial charge in [0, 0.05) is 52.0 Å². The Labute approximate surface area is 240 Å². The van der Waals surface area contributed by atoms with Crippen molar-refractivity contribution in [1.29, 1.82) is 0 Å². The Balaban J connectivity index is 1.36. The lowest BCUT2D eigenvalue weighted by Crippen LogP contribution is -2.41. The van der Waals surface area contributed by atoms with Crippen LogP contribution in [0.15, 0.2) is 73.1 Å². The minimum Gasteiger partial charge on any atom is -0.274 e. The summed E-state index contributed by atoms with van der Waals surface area (Å²) in [6, 6.07) is 18.2. The third-order valence-electron chi connectivity index (χ3n) is 8.88. The Bertz CT molecular complexity index is 2050. The van der Waals surface area contributed by atoms with Crippen molar-refractivity contribution in [3.63, 3.8) is 0 Å². The van der Waals surface area contributed by atoms with Crippen LogP contribution >= 0.6 is 0 Å². The SMILES string of the molecule is CCCCCCN1C(=O)c2ccc3c4ccc5c6c(ccc(c7ccc(c2c37)C1=O)c64)C(=O)N(c1ccncc1)C5=O. The van der Waals surface area contributed by atoms with Crippen molar-refractivity contribution in [3.8, 4) is 0 Å². The maximum absolute atomic E-state index is 13.7. The van der Waals surface area contributed by atoms with E-state index in [0.717, 1.165) is 58.0 Å². The molecule has 204 valence electrons. The van der Waals surface area contributed by atoms with E-state index in [9.17, 15) is 19.2 Å². The highest BCUT2D eigenvalue weighted by Crippen LogP contribution is 2.46. The first-order valence-electron chi connectivity index (χ1n) is 14.4.